The minimum absolute atomic E-state index is 0.0109. The molecular formula is C31H34ClFN4O7S. The summed E-state index contributed by atoms with van der Waals surface area (Å²) < 4.78 is 52.2. The van der Waals surface area contributed by atoms with Crippen LogP contribution in [0.2, 0.25) is 5.02 Å². The average molecular weight is 661 g/mol. The van der Waals surface area contributed by atoms with E-state index in [-0.39, 0.29) is 44.7 Å². The number of para-hydroxylation sites is 1. The van der Waals surface area contributed by atoms with Crippen molar-refractivity contribution in [2.24, 2.45) is 5.73 Å². The number of methoxy groups -OCH3 is 2. The molecule has 0 aliphatic carbocycles. The number of rotatable bonds is 9. The summed E-state index contributed by atoms with van der Waals surface area (Å²) in [6.45, 7) is 3.27. The number of carbonyl (C=O) groups is 3. The van der Waals surface area contributed by atoms with E-state index in [0.29, 0.717) is 12.8 Å². The van der Waals surface area contributed by atoms with Gasteiger partial charge in [-0.2, -0.15) is 0 Å². The highest BCUT2D eigenvalue weighted by Gasteiger charge is 2.42. The Morgan fingerprint density at radius 1 is 1.09 bits per heavy atom. The fraction of sp³-hybridized carbons (Fsp3) is 0.323. The zero-order valence-electron chi connectivity index (χ0n) is 25.1. The number of sulfone groups is 1. The van der Waals surface area contributed by atoms with Crippen molar-refractivity contribution in [3.8, 4) is 5.75 Å². The van der Waals surface area contributed by atoms with Gasteiger partial charge in [-0.15, -0.1) is 0 Å². The van der Waals surface area contributed by atoms with E-state index in [1.807, 2.05) is 0 Å². The van der Waals surface area contributed by atoms with Crippen LogP contribution in [-0.4, -0.2) is 57.4 Å². The first-order chi connectivity index (χ1) is 21.3. The van der Waals surface area contributed by atoms with Gasteiger partial charge in [0, 0.05) is 12.2 Å². The van der Waals surface area contributed by atoms with Crippen molar-refractivity contribution in [1.82, 2.24) is 4.90 Å². The molecule has 0 bridgehead atoms. The quantitative estimate of drug-likeness (QED) is 0.293. The van der Waals surface area contributed by atoms with Crippen molar-refractivity contribution < 1.29 is 36.7 Å². The lowest BCUT2D eigenvalue weighted by atomic mass is 9.99. The smallest absolute Gasteiger partial charge is 0.411 e. The Bertz CT molecular complexity index is 1720. The van der Waals surface area contributed by atoms with Crippen LogP contribution in [0.5, 0.6) is 5.75 Å². The normalized spacial score (nSPS) is 15.4. The molecule has 1 heterocycles. The SMILES string of the molecule is COC(=O)Nc1ccc(S(=O)(=O)C(C)C)c(C2CCCN2C(=O)C(c2ccc(Cl)c(OC)c2)N(C(N)=O)c2ccccc2F)c1. The van der Waals surface area contributed by atoms with E-state index >= 15 is 4.39 Å². The first-order valence-corrected chi connectivity index (χ1v) is 15.9. The van der Waals surface area contributed by atoms with Crippen LogP contribution in [0, 0.1) is 5.82 Å². The van der Waals surface area contributed by atoms with Crippen molar-refractivity contribution in [3.63, 3.8) is 0 Å². The van der Waals surface area contributed by atoms with Crippen LogP contribution >= 0.6 is 11.6 Å². The van der Waals surface area contributed by atoms with E-state index in [1.165, 1.54) is 73.7 Å². The van der Waals surface area contributed by atoms with Crippen molar-refractivity contribution in [2.45, 2.75) is 48.9 Å². The molecule has 3 aromatic rings. The zero-order valence-corrected chi connectivity index (χ0v) is 26.7. The minimum Gasteiger partial charge on any atom is -0.495 e. The van der Waals surface area contributed by atoms with E-state index in [9.17, 15) is 22.8 Å². The number of primary amides is 1. The fourth-order valence-corrected chi connectivity index (χ4v) is 6.84. The van der Waals surface area contributed by atoms with Gasteiger partial charge in [0.2, 0.25) is 0 Å². The standard InChI is InChI=1S/C31H34ClFN4O7S/c1-18(2)45(41,42)27-14-12-20(35-31(40)44-4)17-21(27)24-10-7-15-36(24)29(38)28(19-11-13-22(32)26(16-19)43-3)37(30(34)39)25-9-6-5-8-23(25)33/h5-6,8-9,11-14,16-18,24,28H,7,10,15H2,1-4H3,(H2,34,39)(H,35,40). The number of nitrogens with zero attached hydrogens (tertiary/aromatic N) is 2. The Morgan fingerprint density at radius 3 is 2.42 bits per heavy atom. The molecule has 2 atom stereocenters. The maximum Gasteiger partial charge on any atom is 0.411 e. The molecule has 3 N–H and O–H groups in total. The number of nitrogens with one attached hydrogen (secondary N) is 1. The molecule has 1 aliphatic rings. The zero-order chi connectivity index (χ0) is 33.1. The van der Waals surface area contributed by atoms with Gasteiger partial charge in [0.1, 0.15) is 17.6 Å². The van der Waals surface area contributed by atoms with Crippen molar-refractivity contribution >= 4 is 50.8 Å². The van der Waals surface area contributed by atoms with Crippen LogP contribution in [0.1, 0.15) is 49.9 Å². The lowest BCUT2D eigenvalue weighted by Gasteiger charge is -2.36. The van der Waals surface area contributed by atoms with E-state index in [2.05, 4.69) is 5.32 Å². The summed E-state index contributed by atoms with van der Waals surface area (Å²) in [5.74, 6) is -1.24. The predicted octanol–water partition coefficient (Wildman–Crippen LogP) is 5.84. The summed E-state index contributed by atoms with van der Waals surface area (Å²) in [4.78, 5) is 42.0. The Balaban J connectivity index is 1.91. The number of halogens is 2. The molecule has 11 nitrogen and oxygen atoms in total. The van der Waals surface area contributed by atoms with E-state index in [0.717, 1.165) is 11.0 Å². The topological polar surface area (TPSA) is 148 Å². The molecule has 0 radical (unpaired) electrons. The number of ether oxygens (including phenoxy) is 2. The number of hydrogen-bond donors (Lipinski definition) is 2. The number of urea groups is 1. The number of carbonyl (C=O) groups excluding carboxylic acids is 3. The molecular weight excluding hydrogens is 627 g/mol. The Morgan fingerprint density at radius 2 is 1.80 bits per heavy atom. The second kappa shape index (κ2) is 13.7. The lowest BCUT2D eigenvalue weighted by molar-refractivity contribution is -0.133. The van der Waals surface area contributed by atoms with Gasteiger partial charge in [0.05, 0.1) is 41.1 Å². The Hall–Kier alpha value is -4.36. The summed E-state index contributed by atoms with van der Waals surface area (Å²) in [6, 6.07) is 10.8. The number of amides is 4. The molecule has 1 fully saturated rings. The van der Waals surface area contributed by atoms with Gasteiger partial charge < -0.3 is 20.1 Å². The van der Waals surface area contributed by atoms with Crippen molar-refractivity contribution in [1.29, 1.82) is 0 Å². The van der Waals surface area contributed by atoms with Gasteiger partial charge in [0.25, 0.3) is 5.91 Å². The number of nitrogens with two attached hydrogens (primary N) is 1. The maximum absolute atomic E-state index is 15.2. The molecule has 4 amide bonds. The largest absolute Gasteiger partial charge is 0.495 e. The van der Waals surface area contributed by atoms with Crippen LogP contribution < -0.4 is 20.7 Å². The van der Waals surface area contributed by atoms with Crippen LogP contribution in [0.15, 0.2) is 65.6 Å². The molecule has 0 spiro atoms. The summed E-state index contributed by atoms with van der Waals surface area (Å²) >= 11 is 6.26. The first kappa shape index (κ1) is 33.5. The minimum atomic E-state index is -3.86. The van der Waals surface area contributed by atoms with Gasteiger partial charge in [-0.3, -0.25) is 15.0 Å². The second-order valence-electron chi connectivity index (χ2n) is 10.6. The van der Waals surface area contributed by atoms with Crippen LogP contribution in [0.3, 0.4) is 0 Å². The molecule has 2 unspecified atom stereocenters. The number of hydrogen-bond acceptors (Lipinski definition) is 7. The number of likely N-dealkylation sites (tertiary alicyclic amines) is 1. The highest BCUT2D eigenvalue weighted by molar-refractivity contribution is 7.92. The highest BCUT2D eigenvalue weighted by Crippen LogP contribution is 2.42. The third kappa shape index (κ3) is 6.84. The van der Waals surface area contributed by atoms with Gasteiger partial charge in [-0.1, -0.05) is 29.8 Å². The molecule has 1 aliphatic heterocycles. The van der Waals surface area contributed by atoms with Gasteiger partial charge in [0.15, 0.2) is 9.84 Å². The van der Waals surface area contributed by atoms with Gasteiger partial charge in [-0.05, 0) is 80.3 Å². The van der Waals surface area contributed by atoms with Crippen LogP contribution in [-0.2, 0) is 19.4 Å². The average Bonchev–Trinajstić information content (AvgIpc) is 3.50. The monoisotopic (exact) mass is 660 g/mol. The third-order valence-corrected chi connectivity index (χ3v) is 10.1. The van der Waals surface area contributed by atoms with E-state index in [1.54, 1.807) is 13.8 Å². The van der Waals surface area contributed by atoms with Crippen LogP contribution in [0.25, 0.3) is 0 Å². The number of anilines is 2. The molecule has 1 saturated heterocycles. The molecule has 45 heavy (non-hydrogen) atoms. The summed E-state index contributed by atoms with van der Waals surface area (Å²) in [6.07, 6.45) is 0.0821. The molecule has 3 aromatic carbocycles. The molecule has 4 rings (SSSR count). The van der Waals surface area contributed by atoms with Crippen LogP contribution in [0.4, 0.5) is 25.4 Å². The maximum atomic E-state index is 15.2. The molecule has 0 saturated carbocycles. The summed E-state index contributed by atoms with van der Waals surface area (Å²) in [5, 5.41) is 1.99. The Kier molecular flexibility index (Phi) is 10.2. The first-order valence-electron chi connectivity index (χ1n) is 14.0. The summed E-state index contributed by atoms with van der Waals surface area (Å²) in [7, 11) is -1.28. The summed E-state index contributed by atoms with van der Waals surface area (Å²) in [5.41, 5.74) is 6.33. The van der Waals surface area contributed by atoms with Crippen molar-refractivity contribution in [3.05, 3.63) is 82.6 Å². The second-order valence-corrected chi connectivity index (χ2v) is 13.5. The van der Waals surface area contributed by atoms with Crippen molar-refractivity contribution in [2.75, 3.05) is 31.0 Å². The van der Waals surface area contributed by atoms with E-state index in [4.69, 9.17) is 26.8 Å². The van der Waals surface area contributed by atoms with E-state index < -0.39 is 51.0 Å². The molecule has 14 heteroatoms. The predicted molar refractivity (Wildman–Crippen MR) is 168 cm³/mol. The van der Waals surface area contributed by atoms with Gasteiger partial charge in [-0.25, -0.2) is 22.4 Å². The van der Waals surface area contributed by atoms with Gasteiger partial charge >= 0.3 is 12.1 Å². The molecule has 0 aromatic heterocycles. The number of benzene rings is 3. The highest BCUT2D eigenvalue weighted by atomic mass is 35.5. The Labute approximate surface area is 265 Å². The third-order valence-electron chi connectivity index (χ3n) is 7.60. The fourth-order valence-electron chi connectivity index (χ4n) is 5.36. The lowest BCUT2D eigenvalue weighted by Crippen LogP contribution is -2.48. The molecule has 240 valence electrons.